The van der Waals surface area contributed by atoms with E-state index in [9.17, 15) is 4.79 Å². The number of rotatable bonds is 2. The van der Waals surface area contributed by atoms with Gasteiger partial charge in [0.05, 0.1) is 12.2 Å². The molecule has 1 N–H and O–H groups in total. The number of nitrogens with one attached hydrogen (secondary N) is 1. The molecule has 1 aromatic rings. The van der Waals surface area contributed by atoms with Crippen LogP contribution < -0.4 is 5.32 Å². The lowest BCUT2D eigenvalue weighted by atomic mass is 10.3. The maximum absolute atomic E-state index is 11.2. The molecule has 1 amide bonds. The molecule has 1 fully saturated rings. The Balaban J connectivity index is 1.96. The molecule has 0 aromatic carbocycles. The van der Waals surface area contributed by atoms with Crippen molar-refractivity contribution in [2.45, 2.75) is 12.5 Å². The zero-order chi connectivity index (χ0) is 10.1. The largest absolute Gasteiger partial charge is 0.356 e. The predicted molar refractivity (Wildman–Crippen MR) is 56.8 cm³/mol. The van der Waals surface area contributed by atoms with Gasteiger partial charge in [0.15, 0.2) is 5.13 Å². The summed E-state index contributed by atoms with van der Waals surface area (Å²) in [4.78, 5) is 17.0. The molecular weight excluding hydrogens is 222 g/mol. The van der Waals surface area contributed by atoms with Crippen molar-refractivity contribution in [3.63, 3.8) is 0 Å². The standard InChI is InChI=1S/C8H10ClN3OS/c1-12-4-5(2-7(12)13)11-8-10-3-6(9)14-8/h3,5H,2,4H2,1H3,(H,10,11). The van der Waals surface area contributed by atoms with Crippen LogP contribution >= 0.6 is 22.9 Å². The smallest absolute Gasteiger partial charge is 0.224 e. The minimum atomic E-state index is 0.162. The van der Waals surface area contributed by atoms with E-state index in [-0.39, 0.29) is 11.9 Å². The average Bonchev–Trinajstić information content (AvgIpc) is 2.62. The molecule has 0 spiro atoms. The predicted octanol–water partition coefficient (Wildman–Crippen LogP) is 1.44. The number of hydrogen-bond donors (Lipinski definition) is 1. The van der Waals surface area contributed by atoms with E-state index in [2.05, 4.69) is 10.3 Å². The summed E-state index contributed by atoms with van der Waals surface area (Å²) in [6.45, 7) is 0.732. The van der Waals surface area contributed by atoms with Gasteiger partial charge in [-0.2, -0.15) is 0 Å². The second-order valence-electron chi connectivity index (χ2n) is 3.29. The molecule has 0 radical (unpaired) electrons. The summed E-state index contributed by atoms with van der Waals surface area (Å²) in [5.74, 6) is 0.171. The highest BCUT2D eigenvalue weighted by molar-refractivity contribution is 7.19. The Bertz CT molecular complexity index is 354. The normalized spacial score (nSPS) is 21.7. The molecule has 0 aliphatic carbocycles. The monoisotopic (exact) mass is 231 g/mol. The summed E-state index contributed by atoms with van der Waals surface area (Å²) in [6.07, 6.45) is 2.14. The first-order valence-electron chi connectivity index (χ1n) is 4.27. The van der Waals surface area contributed by atoms with E-state index >= 15 is 0 Å². The second-order valence-corrected chi connectivity index (χ2v) is 4.95. The number of hydrogen-bond acceptors (Lipinski definition) is 4. The van der Waals surface area contributed by atoms with Crippen LogP contribution in [0.25, 0.3) is 0 Å². The van der Waals surface area contributed by atoms with Gasteiger partial charge in [-0.15, -0.1) is 0 Å². The lowest BCUT2D eigenvalue weighted by Crippen LogP contribution is -2.24. The van der Waals surface area contributed by atoms with Crippen LogP contribution in [0.2, 0.25) is 4.34 Å². The minimum Gasteiger partial charge on any atom is -0.356 e. The Morgan fingerprint density at radius 1 is 1.79 bits per heavy atom. The number of likely N-dealkylation sites (tertiary alicyclic amines) is 1. The third kappa shape index (κ3) is 1.99. The topological polar surface area (TPSA) is 45.2 Å². The van der Waals surface area contributed by atoms with Crippen molar-refractivity contribution in [3.8, 4) is 0 Å². The third-order valence-corrected chi connectivity index (χ3v) is 3.19. The second kappa shape index (κ2) is 3.74. The van der Waals surface area contributed by atoms with Gasteiger partial charge in [0, 0.05) is 20.0 Å². The van der Waals surface area contributed by atoms with Gasteiger partial charge in [-0.3, -0.25) is 4.79 Å². The fourth-order valence-electron chi connectivity index (χ4n) is 1.46. The summed E-state index contributed by atoms with van der Waals surface area (Å²) in [7, 11) is 1.80. The summed E-state index contributed by atoms with van der Waals surface area (Å²) in [5, 5.41) is 3.96. The van der Waals surface area contributed by atoms with Gasteiger partial charge in [0.1, 0.15) is 4.34 Å². The number of aromatic nitrogens is 1. The lowest BCUT2D eigenvalue weighted by Gasteiger charge is -2.10. The Hall–Kier alpha value is -0.810. The third-order valence-electron chi connectivity index (χ3n) is 2.15. The van der Waals surface area contributed by atoms with Crippen LogP contribution in [0.15, 0.2) is 6.20 Å². The van der Waals surface area contributed by atoms with Crippen LogP contribution in [0.5, 0.6) is 0 Å². The van der Waals surface area contributed by atoms with Gasteiger partial charge in [-0.25, -0.2) is 4.98 Å². The van der Waals surface area contributed by atoms with Crippen LogP contribution in [0, 0.1) is 0 Å². The van der Waals surface area contributed by atoms with Gasteiger partial charge >= 0.3 is 0 Å². The number of amides is 1. The molecular formula is C8H10ClN3OS. The number of anilines is 1. The highest BCUT2D eigenvalue weighted by atomic mass is 35.5. The van der Waals surface area contributed by atoms with Crippen molar-refractivity contribution in [2.24, 2.45) is 0 Å². The molecule has 1 aliphatic rings. The number of carbonyl (C=O) groups is 1. The molecule has 1 aliphatic heterocycles. The van der Waals surface area contributed by atoms with Gasteiger partial charge in [-0.05, 0) is 0 Å². The fraction of sp³-hybridized carbons (Fsp3) is 0.500. The zero-order valence-corrected chi connectivity index (χ0v) is 9.23. The number of thiazole rings is 1. The summed E-state index contributed by atoms with van der Waals surface area (Å²) >= 11 is 7.13. The quantitative estimate of drug-likeness (QED) is 0.838. The zero-order valence-electron chi connectivity index (χ0n) is 7.66. The average molecular weight is 232 g/mol. The summed E-state index contributed by atoms with van der Waals surface area (Å²) in [5.41, 5.74) is 0. The minimum absolute atomic E-state index is 0.162. The molecule has 6 heteroatoms. The maximum Gasteiger partial charge on any atom is 0.224 e. The fourth-order valence-corrected chi connectivity index (χ4v) is 2.35. The Kier molecular flexibility index (Phi) is 2.60. The number of carbonyl (C=O) groups excluding carboxylic acids is 1. The number of nitrogens with zero attached hydrogens (tertiary/aromatic N) is 2. The molecule has 0 saturated carbocycles. The molecule has 1 unspecified atom stereocenters. The van der Waals surface area contributed by atoms with Crippen molar-refractivity contribution in [3.05, 3.63) is 10.5 Å². The van der Waals surface area contributed by atoms with E-state index in [0.29, 0.717) is 10.8 Å². The van der Waals surface area contributed by atoms with E-state index in [0.717, 1.165) is 11.7 Å². The molecule has 4 nitrogen and oxygen atoms in total. The van der Waals surface area contributed by atoms with E-state index < -0.39 is 0 Å². The van der Waals surface area contributed by atoms with Crippen molar-refractivity contribution < 1.29 is 4.79 Å². The van der Waals surface area contributed by atoms with Gasteiger partial charge in [0.25, 0.3) is 0 Å². The Morgan fingerprint density at radius 3 is 3.07 bits per heavy atom. The van der Waals surface area contributed by atoms with Crippen LogP contribution in [0.3, 0.4) is 0 Å². The summed E-state index contributed by atoms with van der Waals surface area (Å²) < 4.78 is 0.658. The van der Waals surface area contributed by atoms with Gasteiger partial charge < -0.3 is 10.2 Å². The lowest BCUT2D eigenvalue weighted by molar-refractivity contribution is -0.126. The first-order chi connectivity index (χ1) is 6.65. The molecule has 76 valence electrons. The Morgan fingerprint density at radius 2 is 2.57 bits per heavy atom. The van der Waals surface area contributed by atoms with Crippen molar-refractivity contribution >= 4 is 34.0 Å². The molecule has 1 aromatic heterocycles. The number of halogens is 1. The van der Waals surface area contributed by atoms with Crippen LogP contribution in [-0.2, 0) is 4.79 Å². The molecule has 0 bridgehead atoms. The summed E-state index contributed by atoms with van der Waals surface area (Å²) in [6, 6.07) is 0.162. The first kappa shape index (κ1) is 9.73. The van der Waals surface area contributed by atoms with Crippen LogP contribution in [0.4, 0.5) is 5.13 Å². The molecule has 2 rings (SSSR count). The van der Waals surface area contributed by atoms with E-state index in [1.54, 1.807) is 18.1 Å². The van der Waals surface area contributed by atoms with Gasteiger partial charge in [0.2, 0.25) is 5.91 Å². The van der Waals surface area contributed by atoms with Crippen molar-refractivity contribution in [1.82, 2.24) is 9.88 Å². The number of likely N-dealkylation sites (N-methyl/N-ethyl adjacent to an activating group) is 1. The SMILES string of the molecule is CN1CC(Nc2ncc(Cl)s2)CC1=O. The van der Waals surface area contributed by atoms with E-state index in [1.165, 1.54) is 11.3 Å². The van der Waals surface area contributed by atoms with Gasteiger partial charge in [-0.1, -0.05) is 22.9 Å². The molecule has 2 heterocycles. The van der Waals surface area contributed by atoms with Crippen LogP contribution in [-0.4, -0.2) is 35.4 Å². The Labute approximate surface area is 90.9 Å². The van der Waals surface area contributed by atoms with E-state index in [4.69, 9.17) is 11.6 Å². The van der Waals surface area contributed by atoms with Crippen LogP contribution in [0.1, 0.15) is 6.42 Å². The maximum atomic E-state index is 11.2. The van der Waals surface area contributed by atoms with Crippen molar-refractivity contribution in [2.75, 3.05) is 18.9 Å². The highest BCUT2D eigenvalue weighted by Gasteiger charge is 2.26. The first-order valence-corrected chi connectivity index (χ1v) is 5.46. The molecule has 1 saturated heterocycles. The van der Waals surface area contributed by atoms with Crippen molar-refractivity contribution in [1.29, 1.82) is 0 Å². The van der Waals surface area contributed by atoms with E-state index in [1.807, 2.05) is 0 Å². The molecule has 14 heavy (non-hydrogen) atoms. The molecule has 1 atom stereocenters. The highest BCUT2D eigenvalue weighted by Crippen LogP contribution is 2.24.